The summed E-state index contributed by atoms with van der Waals surface area (Å²) in [4.78, 5) is 13.4. The molecular weight excluding hydrogens is 180 g/mol. The van der Waals surface area contributed by atoms with Crippen molar-refractivity contribution in [3.63, 3.8) is 0 Å². The molecule has 0 aliphatic carbocycles. The van der Waals surface area contributed by atoms with Crippen LogP contribution in [-0.2, 0) is 4.79 Å². The monoisotopic (exact) mass is 198 g/mol. The maximum atomic E-state index is 11.0. The van der Waals surface area contributed by atoms with Gasteiger partial charge < -0.3 is 15.7 Å². The molecule has 2 saturated heterocycles. The number of rotatable bonds is 1. The fourth-order valence-corrected chi connectivity index (χ4v) is 2.65. The lowest BCUT2D eigenvalue weighted by Gasteiger charge is -2.45. The van der Waals surface area contributed by atoms with E-state index >= 15 is 0 Å². The Morgan fingerprint density at radius 3 is 2.93 bits per heavy atom. The molecule has 2 aliphatic heterocycles. The Bertz CT molecular complexity index is 244. The number of carbonyl (C=O) groups is 1. The normalized spacial score (nSPS) is 39.1. The molecule has 0 aromatic carbocycles. The van der Waals surface area contributed by atoms with Gasteiger partial charge in [-0.25, -0.2) is 0 Å². The van der Waals surface area contributed by atoms with Crippen molar-refractivity contribution in [2.24, 2.45) is 5.73 Å². The number of carboxylic acids is 1. The predicted molar refractivity (Wildman–Crippen MR) is 53.0 cm³/mol. The second-order valence-corrected chi connectivity index (χ2v) is 4.60. The molecule has 0 aromatic rings. The Labute approximate surface area is 84.1 Å². The molecule has 2 rings (SSSR count). The third kappa shape index (κ3) is 1.64. The van der Waals surface area contributed by atoms with E-state index in [9.17, 15) is 4.79 Å². The third-order valence-electron chi connectivity index (χ3n) is 3.62. The van der Waals surface area contributed by atoms with Gasteiger partial charge in [0, 0.05) is 12.6 Å². The quantitative estimate of drug-likeness (QED) is 0.640. The minimum Gasteiger partial charge on any atom is -0.480 e. The van der Waals surface area contributed by atoms with Gasteiger partial charge in [-0.15, -0.1) is 0 Å². The fraction of sp³-hybridized carbons (Fsp3) is 0.900. The lowest BCUT2D eigenvalue weighted by Crippen LogP contribution is -2.60. The van der Waals surface area contributed by atoms with Crippen molar-refractivity contribution < 1.29 is 9.90 Å². The van der Waals surface area contributed by atoms with E-state index < -0.39 is 11.5 Å². The van der Waals surface area contributed by atoms with Gasteiger partial charge in [-0.1, -0.05) is 6.42 Å². The van der Waals surface area contributed by atoms with Crippen molar-refractivity contribution in [1.29, 1.82) is 0 Å². The van der Waals surface area contributed by atoms with Crippen LogP contribution in [0.5, 0.6) is 0 Å². The highest BCUT2D eigenvalue weighted by atomic mass is 16.4. The summed E-state index contributed by atoms with van der Waals surface area (Å²) in [6, 6.07) is 0.415. The summed E-state index contributed by atoms with van der Waals surface area (Å²) in [5.41, 5.74) is 4.92. The minimum absolute atomic E-state index is 0.415. The summed E-state index contributed by atoms with van der Waals surface area (Å²) in [5, 5.41) is 9.04. The highest BCUT2D eigenvalue weighted by molar-refractivity contribution is 5.78. The molecular formula is C10H18N2O2. The molecule has 80 valence electrons. The first-order valence-electron chi connectivity index (χ1n) is 5.38. The van der Waals surface area contributed by atoms with Crippen LogP contribution in [0.25, 0.3) is 0 Å². The van der Waals surface area contributed by atoms with Crippen LogP contribution in [0.2, 0.25) is 0 Å². The molecule has 0 aromatic heterocycles. The molecule has 4 nitrogen and oxygen atoms in total. The van der Waals surface area contributed by atoms with E-state index in [0.29, 0.717) is 18.9 Å². The Hall–Kier alpha value is -0.610. The second-order valence-electron chi connectivity index (χ2n) is 4.60. The first-order valence-corrected chi connectivity index (χ1v) is 5.38. The minimum atomic E-state index is -0.960. The number of piperidine rings is 2. The summed E-state index contributed by atoms with van der Waals surface area (Å²) in [6.45, 7) is 1.98. The van der Waals surface area contributed by atoms with Crippen molar-refractivity contribution in [1.82, 2.24) is 4.90 Å². The van der Waals surface area contributed by atoms with E-state index in [2.05, 4.69) is 4.90 Å². The van der Waals surface area contributed by atoms with Crippen molar-refractivity contribution in [2.45, 2.75) is 43.7 Å². The average Bonchev–Trinajstić information content (AvgIpc) is 2.17. The van der Waals surface area contributed by atoms with Crippen LogP contribution in [0.1, 0.15) is 32.1 Å². The van der Waals surface area contributed by atoms with Crippen molar-refractivity contribution >= 4 is 5.97 Å². The third-order valence-corrected chi connectivity index (χ3v) is 3.62. The molecule has 0 amide bonds. The zero-order valence-electron chi connectivity index (χ0n) is 8.41. The van der Waals surface area contributed by atoms with Gasteiger partial charge in [0.05, 0.1) is 0 Å². The number of hydrogen-bond acceptors (Lipinski definition) is 3. The Morgan fingerprint density at radius 2 is 2.21 bits per heavy atom. The summed E-state index contributed by atoms with van der Waals surface area (Å²) >= 11 is 0. The van der Waals surface area contributed by atoms with E-state index in [1.807, 2.05) is 0 Å². The largest absolute Gasteiger partial charge is 0.480 e. The van der Waals surface area contributed by atoms with E-state index in [0.717, 1.165) is 19.5 Å². The van der Waals surface area contributed by atoms with E-state index in [1.54, 1.807) is 0 Å². The highest BCUT2D eigenvalue weighted by Crippen LogP contribution is 2.30. The summed E-state index contributed by atoms with van der Waals surface area (Å²) in [6.07, 6.45) is 4.81. The standard InChI is InChI=1S/C10H18N2O2/c11-10(9(13)14)4-6-12-5-2-1-3-8(12)7-10/h8H,1-7,11H2,(H,13,14). The zero-order valence-corrected chi connectivity index (χ0v) is 8.41. The van der Waals surface area contributed by atoms with E-state index in [1.165, 1.54) is 12.8 Å². The SMILES string of the molecule is NC1(C(=O)O)CCN2CCCCC2C1. The topological polar surface area (TPSA) is 66.6 Å². The lowest BCUT2D eigenvalue weighted by atomic mass is 9.81. The summed E-state index contributed by atoms with van der Waals surface area (Å²) in [5.74, 6) is -0.831. The maximum Gasteiger partial charge on any atom is 0.323 e. The molecule has 2 heterocycles. The number of hydrogen-bond donors (Lipinski definition) is 2. The number of nitrogens with zero attached hydrogens (tertiary/aromatic N) is 1. The fourth-order valence-electron chi connectivity index (χ4n) is 2.65. The van der Waals surface area contributed by atoms with Crippen LogP contribution in [0, 0.1) is 0 Å². The van der Waals surface area contributed by atoms with Gasteiger partial charge >= 0.3 is 5.97 Å². The molecule has 0 bridgehead atoms. The van der Waals surface area contributed by atoms with Gasteiger partial charge in [0.1, 0.15) is 5.54 Å². The van der Waals surface area contributed by atoms with Crippen LogP contribution in [0.3, 0.4) is 0 Å². The number of aliphatic carboxylic acids is 1. The number of fused-ring (bicyclic) bond motifs is 1. The van der Waals surface area contributed by atoms with E-state index in [4.69, 9.17) is 10.8 Å². The smallest absolute Gasteiger partial charge is 0.323 e. The Kier molecular flexibility index (Phi) is 2.49. The molecule has 2 unspecified atom stereocenters. The molecule has 2 aliphatic rings. The van der Waals surface area contributed by atoms with Gasteiger partial charge in [-0.05, 0) is 32.2 Å². The Morgan fingerprint density at radius 1 is 1.43 bits per heavy atom. The van der Waals surface area contributed by atoms with Crippen LogP contribution in [0.15, 0.2) is 0 Å². The molecule has 3 N–H and O–H groups in total. The van der Waals surface area contributed by atoms with E-state index in [-0.39, 0.29) is 0 Å². The lowest BCUT2D eigenvalue weighted by molar-refractivity contribution is -0.146. The highest BCUT2D eigenvalue weighted by Gasteiger charge is 2.42. The van der Waals surface area contributed by atoms with Gasteiger partial charge in [-0.2, -0.15) is 0 Å². The average molecular weight is 198 g/mol. The predicted octanol–water partition coefficient (Wildman–Crippen LogP) is 0.417. The maximum absolute atomic E-state index is 11.0. The van der Waals surface area contributed by atoms with Crippen LogP contribution >= 0.6 is 0 Å². The van der Waals surface area contributed by atoms with Gasteiger partial charge in [0.2, 0.25) is 0 Å². The second kappa shape index (κ2) is 3.51. The van der Waals surface area contributed by atoms with Gasteiger partial charge in [-0.3, -0.25) is 4.79 Å². The molecule has 4 heteroatoms. The summed E-state index contributed by atoms with van der Waals surface area (Å²) in [7, 11) is 0. The molecule has 14 heavy (non-hydrogen) atoms. The number of nitrogens with two attached hydrogens (primary N) is 1. The van der Waals surface area contributed by atoms with Crippen molar-refractivity contribution in [3.05, 3.63) is 0 Å². The van der Waals surface area contributed by atoms with Crippen molar-refractivity contribution in [3.8, 4) is 0 Å². The zero-order chi connectivity index (χ0) is 10.2. The van der Waals surface area contributed by atoms with Crippen LogP contribution < -0.4 is 5.73 Å². The van der Waals surface area contributed by atoms with Crippen molar-refractivity contribution in [2.75, 3.05) is 13.1 Å². The molecule has 0 radical (unpaired) electrons. The first kappa shape index (κ1) is 9.93. The van der Waals surface area contributed by atoms with Crippen LogP contribution in [-0.4, -0.2) is 40.6 Å². The molecule has 0 spiro atoms. The van der Waals surface area contributed by atoms with Gasteiger partial charge in [0.15, 0.2) is 0 Å². The number of carboxylic acid groups (broad SMARTS) is 1. The first-order chi connectivity index (χ1) is 6.62. The summed E-state index contributed by atoms with van der Waals surface area (Å²) < 4.78 is 0. The Balaban J connectivity index is 2.05. The molecule has 2 fully saturated rings. The van der Waals surface area contributed by atoms with Crippen LogP contribution in [0.4, 0.5) is 0 Å². The molecule has 0 saturated carbocycles. The van der Waals surface area contributed by atoms with Gasteiger partial charge in [0.25, 0.3) is 0 Å². The molecule has 2 atom stereocenters.